The molecule has 0 radical (unpaired) electrons. The van der Waals surface area contributed by atoms with Gasteiger partial charge in [0.25, 0.3) is 5.91 Å². The molecule has 0 saturated heterocycles. The van der Waals surface area contributed by atoms with Crippen LogP contribution in [0.3, 0.4) is 0 Å². The predicted octanol–water partition coefficient (Wildman–Crippen LogP) is 2.97. The van der Waals surface area contributed by atoms with Gasteiger partial charge >= 0.3 is 5.97 Å². The number of carbonyl (C=O) groups excluding carboxylic acids is 1. The molecule has 2 N–H and O–H groups in total. The fourth-order valence-corrected chi connectivity index (χ4v) is 2.42. The van der Waals surface area contributed by atoms with E-state index in [2.05, 4.69) is 10.3 Å². The van der Waals surface area contributed by atoms with Crippen molar-refractivity contribution in [1.82, 2.24) is 10.3 Å². The first-order chi connectivity index (χ1) is 11.7. The quantitative estimate of drug-likeness (QED) is 0.753. The molecule has 24 heavy (non-hydrogen) atoms. The number of hydrogen-bond acceptors (Lipinski definition) is 4. The van der Waals surface area contributed by atoms with Gasteiger partial charge in [-0.1, -0.05) is 42.5 Å². The maximum absolute atomic E-state index is 12.4. The van der Waals surface area contributed by atoms with Gasteiger partial charge in [0.05, 0.1) is 23.9 Å². The third-order valence-electron chi connectivity index (χ3n) is 3.49. The number of rotatable bonds is 5. The van der Waals surface area contributed by atoms with Crippen LogP contribution in [0.25, 0.3) is 11.1 Å². The summed E-state index contributed by atoms with van der Waals surface area (Å²) in [5.74, 6) is -1.31. The van der Waals surface area contributed by atoms with Crippen molar-refractivity contribution in [3.63, 3.8) is 0 Å². The van der Waals surface area contributed by atoms with Gasteiger partial charge in [0.15, 0.2) is 0 Å². The summed E-state index contributed by atoms with van der Waals surface area (Å²) in [5.41, 5.74) is 1.29. The number of hydrogen-bond donors (Lipinski definition) is 2. The predicted molar refractivity (Wildman–Crippen MR) is 86.5 cm³/mol. The Hall–Kier alpha value is -3.41. The van der Waals surface area contributed by atoms with Crippen molar-refractivity contribution < 1.29 is 19.1 Å². The lowest BCUT2D eigenvalue weighted by atomic mass is 9.95. The Morgan fingerprint density at radius 2 is 1.88 bits per heavy atom. The van der Waals surface area contributed by atoms with Crippen molar-refractivity contribution in [2.45, 2.75) is 6.54 Å². The first-order valence-corrected chi connectivity index (χ1v) is 7.25. The lowest BCUT2D eigenvalue weighted by Crippen LogP contribution is -2.25. The summed E-state index contributed by atoms with van der Waals surface area (Å²) >= 11 is 0. The largest absolute Gasteiger partial charge is 0.478 e. The van der Waals surface area contributed by atoms with Gasteiger partial charge in [0.1, 0.15) is 6.26 Å². The highest BCUT2D eigenvalue weighted by Gasteiger charge is 2.21. The van der Waals surface area contributed by atoms with Crippen molar-refractivity contribution in [2.24, 2.45) is 0 Å². The first-order valence-electron chi connectivity index (χ1n) is 7.25. The van der Waals surface area contributed by atoms with Crippen LogP contribution in [0.4, 0.5) is 0 Å². The van der Waals surface area contributed by atoms with E-state index in [0.29, 0.717) is 11.5 Å². The molecule has 1 amide bonds. The van der Waals surface area contributed by atoms with Gasteiger partial charge in [-0.05, 0) is 17.2 Å². The van der Waals surface area contributed by atoms with E-state index < -0.39 is 11.9 Å². The Balaban J connectivity index is 1.95. The van der Waals surface area contributed by atoms with Gasteiger partial charge in [-0.15, -0.1) is 0 Å². The Labute approximate surface area is 137 Å². The van der Waals surface area contributed by atoms with E-state index in [-0.39, 0.29) is 17.7 Å². The average molecular weight is 322 g/mol. The third-order valence-corrected chi connectivity index (χ3v) is 3.49. The summed E-state index contributed by atoms with van der Waals surface area (Å²) in [5, 5.41) is 12.2. The standard InChI is InChI=1S/C18H14N2O4/c21-17(20-11-15-19-9-10-24-15)14-8-4-7-13(16(14)18(22)23)12-5-2-1-3-6-12/h1-10H,11H2,(H,20,21)(H,22,23). The van der Waals surface area contributed by atoms with Gasteiger partial charge in [-0.3, -0.25) is 4.79 Å². The van der Waals surface area contributed by atoms with E-state index in [4.69, 9.17) is 4.42 Å². The van der Waals surface area contributed by atoms with Crippen LogP contribution in [-0.4, -0.2) is 22.0 Å². The summed E-state index contributed by atoms with van der Waals surface area (Å²) in [4.78, 5) is 28.1. The lowest BCUT2D eigenvalue weighted by molar-refractivity contribution is 0.0692. The lowest BCUT2D eigenvalue weighted by Gasteiger charge is -2.11. The van der Waals surface area contributed by atoms with E-state index in [1.165, 1.54) is 18.5 Å². The molecule has 1 aromatic heterocycles. The highest BCUT2D eigenvalue weighted by Crippen LogP contribution is 2.26. The number of amides is 1. The third kappa shape index (κ3) is 3.17. The fourth-order valence-electron chi connectivity index (χ4n) is 2.42. The molecule has 0 spiro atoms. The molecular weight excluding hydrogens is 308 g/mol. The van der Waals surface area contributed by atoms with E-state index in [9.17, 15) is 14.7 Å². The summed E-state index contributed by atoms with van der Waals surface area (Å²) in [7, 11) is 0. The molecule has 6 nitrogen and oxygen atoms in total. The topological polar surface area (TPSA) is 92.4 Å². The zero-order valence-corrected chi connectivity index (χ0v) is 12.6. The Morgan fingerprint density at radius 3 is 2.54 bits per heavy atom. The Kier molecular flexibility index (Phi) is 4.38. The molecule has 6 heteroatoms. The number of aromatic nitrogens is 1. The number of carboxylic acids is 1. The molecule has 2 aromatic carbocycles. The average Bonchev–Trinajstić information content (AvgIpc) is 3.13. The highest BCUT2D eigenvalue weighted by molar-refractivity contribution is 6.08. The second kappa shape index (κ2) is 6.78. The molecule has 0 saturated carbocycles. The zero-order valence-electron chi connectivity index (χ0n) is 12.6. The highest BCUT2D eigenvalue weighted by atomic mass is 16.4. The molecular formula is C18H14N2O4. The zero-order chi connectivity index (χ0) is 16.9. The van der Waals surface area contributed by atoms with Gasteiger partial charge in [0, 0.05) is 0 Å². The minimum Gasteiger partial charge on any atom is -0.478 e. The first kappa shape index (κ1) is 15.5. The molecule has 0 bridgehead atoms. The minimum absolute atomic E-state index is 0.0337. The number of nitrogens with zero attached hydrogens (tertiary/aromatic N) is 1. The van der Waals surface area contributed by atoms with Crippen LogP contribution in [0.2, 0.25) is 0 Å². The molecule has 0 unspecified atom stereocenters. The molecule has 1 heterocycles. The van der Waals surface area contributed by atoms with Crippen molar-refractivity contribution in [2.75, 3.05) is 0 Å². The maximum atomic E-state index is 12.4. The summed E-state index contributed by atoms with van der Waals surface area (Å²) in [6.45, 7) is 0.0838. The number of carboxylic acid groups (broad SMARTS) is 1. The summed E-state index contributed by atoms with van der Waals surface area (Å²) in [6, 6.07) is 13.9. The SMILES string of the molecule is O=C(NCc1ncco1)c1cccc(-c2ccccc2)c1C(=O)O. The molecule has 0 aliphatic heterocycles. The molecule has 3 rings (SSSR count). The molecule has 0 aliphatic rings. The molecule has 0 aliphatic carbocycles. The van der Waals surface area contributed by atoms with Gasteiger partial charge < -0.3 is 14.8 Å². The van der Waals surface area contributed by atoms with Crippen molar-refractivity contribution in [1.29, 1.82) is 0 Å². The van der Waals surface area contributed by atoms with Crippen molar-refractivity contribution in [3.8, 4) is 11.1 Å². The molecule has 0 atom stereocenters. The smallest absolute Gasteiger partial charge is 0.337 e. The van der Waals surface area contributed by atoms with Crippen LogP contribution in [0.1, 0.15) is 26.6 Å². The normalized spacial score (nSPS) is 10.3. The van der Waals surface area contributed by atoms with E-state index >= 15 is 0 Å². The van der Waals surface area contributed by atoms with E-state index in [0.717, 1.165) is 5.56 Å². The monoisotopic (exact) mass is 322 g/mol. The van der Waals surface area contributed by atoms with E-state index in [1.807, 2.05) is 18.2 Å². The van der Waals surface area contributed by atoms with Gasteiger partial charge in [-0.25, -0.2) is 9.78 Å². The van der Waals surface area contributed by atoms with Gasteiger partial charge in [-0.2, -0.15) is 0 Å². The summed E-state index contributed by atoms with van der Waals surface area (Å²) in [6.07, 6.45) is 2.88. The van der Waals surface area contributed by atoms with Crippen LogP contribution < -0.4 is 5.32 Å². The second-order valence-corrected chi connectivity index (χ2v) is 5.01. The van der Waals surface area contributed by atoms with Crippen LogP contribution in [0.15, 0.2) is 65.4 Å². The number of carbonyl (C=O) groups is 2. The number of aromatic carboxylic acids is 1. The summed E-state index contributed by atoms with van der Waals surface area (Å²) < 4.78 is 5.05. The van der Waals surface area contributed by atoms with Crippen LogP contribution >= 0.6 is 0 Å². The number of benzene rings is 2. The Bertz CT molecular complexity index is 858. The van der Waals surface area contributed by atoms with Crippen molar-refractivity contribution in [3.05, 3.63) is 78.0 Å². The molecule has 120 valence electrons. The molecule has 0 fully saturated rings. The molecule has 3 aromatic rings. The van der Waals surface area contributed by atoms with Crippen LogP contribution in [0.5, 0.6) is 0 Å². The minimum atomic E-state index is -1.16. The van der Waals surface area contributed by atoms with Gasteiger partial charge in [0.2, 0.25) is 5.89 Å². The number of oxazole rings is 1. The van der Waals surface area contributed by atoms with Crippen LogP contribution in [-0.2, 0) is 6.54 Å². The van der Waals surface area contributed by atoms with Crippen LogP contribution in [0, 0.1) is 0 Å². The maximum Gasteiger partial charge on any atom is 0.337 e. The fraction of sp³-hybridized carbons (Fsp3) is 0.0556. The number of nitrogens with one attached hydrogen (secondary N) is 1. The van der Waals surface area contributed by atoms with E-state index in [1.54, 1.807) is 24.3 Å². The van der Waals surface area contributed by atoms with Crippen molar-refractivity contribution >= 4 is 11.9 Å². The second-order valence-electron chi connectivity index (χ2n) is 5.01. The Morgan fingerprint density at radius 1 is 1.08 bits per heavy atom.